The van der Waals surface area contributed by atoms with Gasteiger partial charge < -0.3 is 22.8 Å². The lowest BCUT2D eigenvalue weighted by Gasteiger charge is -2.28. The predicted molar refractivity (Wildman–Crippen MR) is 103 cm³/mol. The van der Waals surface area contributed by atoms with E-state index in [-0.39, 0.29) is 6.29 Å². The van der Waals surface area contributed by atoms with Gasteiger partial charge in [-0.15, -0.1) is 0 Å². The highest BCUT2D eigenvalue weighted by molar-refractivity contribution is 6.60. The zero-order valence-electron chi connectivity index (χ0n) is 16.7. The molecule has 0 bridgehead atoms. The number of rotatable bonds is 17. The van der Waals surface area contributed by atoms with E-state index in [1.54, 1.807) is 0 Å². The van der Waals surface area contributed by atoms with E-state index >= 15 is 0 Å². The van der Waals surface area contributed by atoms with Crippen molar-refractivity contribution in [2.24, 2.45) is 0 Å². The monoisotopic (exact) mass is 376 g/mol. The Labute approximate surface area is 156 Å². The lowest BCUT2D eigenvalue weighted by molar-refractivity contribution is -0.0480. The van der Waals surface area contributed by atoms with Crippen molar-refractivity contribution >= 4 is 8.80 Å². The van der Waals surface area contributed by atoms with E-state index in [9.17, 15) is 0 Å². The molecule has 1 fully saturated rings. The molecule has 25 heavy (non-hydrogen) atoms. The van der Waals surface area contributed by atoms with Crippen LogP contribution < -0.4 is 0 Å². The van der Waals surface area contributed by atoms with Crippen LogP contribution in [-0.4, -0.2) is 48.1 Å². The highest BCUT2D eigenvalue weighted by atomic mass is 28.4. The van der Waals surface area contributed by atoms with E-state index in [0.29, 0.717) is 19.8 Å². The molecule has 0 saturated carbocycles. The van der Waals surface area contributed by atoms with E-state index in [0.717, 1.165) is 32.1 Å². The molecule has 0 aliphatic carbocycles. The summed E-state index contributed by atoms with van der Waals surface area (Å²) in [6.45, 7) is 9.60. The van der Waals surface area contributed by atoms with Gasteiger partial charge in [-0.1, -0.05) is 38.5 Å². The molecule has 1 saturated heterocycles. The summed E-state index contributed by atoms with van der Waals surface area (Å²) in [5.74, 6) is 0. The zero-order valence-corrected chi connectivity index (χ0v) is 17.7. The van der Waals surface area contributed by atoms with Gasteiger partial charge in [0.25, 0.3) is 0 Å². The number of hydrogen-bond acceptors (Lipinski definition) is 5. The van der Waals surface area contributed by atoms with Gasteiger partial charge in [-0.05, 0) is 40.0 Å². The molecule has 6 heteroatoms. The van der Waals surface area contributed by atoms with Crippen LogP contribution in [0.15, 0.2) is 0 Å². The van der Waals surface area contributed by atoms with E-state index in [2.05, 4.69) is 0 Å². The molecule has 0 atom stereocenters. The molecule has 0 unspecified atom stereocenters. The van der Waals surface area contributed by atoms with Crippen LogP contribution in [0.5, 0.6) is 0 Å². The minimum absolute atomic E-state index is 0.0745. The molecular weight excluding hydrogens is 336 g/mol. The fourth-order valence-electron chi connectivity index (χ4n) is 3.29. The maximum absolute atomic E-state index is 5.90. The van der Waals surface area contributed by atoms with E-state index < -0.39 is 8.80 Å². The molecule has 0 spiro atoms. The van der Waals surface area contributed by atoms with Crippen molar-refractivity contribution < 1.29 is 22.8 Å². The van der Waals surface area contributed by atoms with Crippen molar-refractivity contribution in [3.8, 4) is 0 Å². The largest absolute Gasteiger partial charge is 0.500 e. The number of unbranched alkanes of at least 4 members (excludes halogenated alkanes) is 7. The summed E-state index contributed by atoms with van der Waals surface area (Å²) in [5, 5.41) is 0. The lowest BCUT2D eigenvalue weighted by Crippen LogP contribution is -2.45. The maximum Gasteiger partial charge on any atom is 0.500 e. The Bertz CT molecular complexity index is 281. The topological polar surface area (TPSA) is 46.2 Å². The molecule has 1 rings (SSSR count). The molecule has 0 aromatic heterocycles. The van der Waals surface area contributed by atoms with Gasteiger partial charge >= 0.3 is 8.80 Å². The molecule has 0 N–H and O–H groups in total. The van der Waals surface area contributed by atoms with Crippen LogP contribution in [0.25, 0.3) is 0 Å². The Morgan fingerprint density at radius 1 is 0.680 bits per heavy atom. The second kappa shape index (κ2) is 15.1. The molecule has 150 valence electrons. The summed E-state index contributed by atoms with van der Waals surface area (Å²) in [6, 6.07) is 0.948. The van der Waals surface area contributed by atoms with Crippen molar-refractivity contribution in [3.63, 3.8) is 0 Å². The fraction of sp³-hybridized carbons (Fsp3) is 1.00. The van der Waals surface area contributed by atoms with Gasteiger partial charge in [0.15, 0.2) is 6.29 Å². The third-order valence-electron chi connectivity index (χ3n) is 4.46. The predicted octanol–water partition coefficient (Wildman–Crippen LogP) is 4.92. The Balaban J connectivity index is 1.98. The quantitative estimate of drug-likeness (QED) is 0.266. The minimum atomic E-state index is -2.42. The summed E-state index contributed by atoms with van der Waals surface area (Å²) < 4.78 is 28.6. The molecule has 1 aliphatic rings. The molecule has 0 radical (unpaired) electrons. The Morgan fingerprint density at radius 2 is 1.12 bits per heavy atom. The van der Waals surface area contributed by atoms with Gasteiger partial charge in [0.1, 0.15) is 0 Å². The van der Waals surface area contributed by atoms with Crippen molar-refractivity contribution in [2.75, 3.05) is 33.0 Å². The second-order valence-corrected chi connectivity index (χ2v) is 9.25. The molecule has 5 nitrogen and oxygen atoms in total. The van der Waals surface area contributed by atoms with Gasteiger partial charge in [0.05, 0.1) is 13.2 Å². The third kappa shape index (κ3) is 10.7. The smallest absolute Gasteiger partial charge is 0.374 e. The molecule has 1 aliphatic heterocycles. The first-order chi connectivity index (χ1) is 12.3. The van der Waals surface area contributed by atoms with E-state index in [1.807, 2.05) is 20.8 Å². The van der Waals surface area contributed by atoms with Crippen LogP contribution in [0, 0.1) is 0 Å². The fourth-order valence-corrected chi connectivity index (χ4v) is 5.97. The van der Waals surface area contributed by atoms with Crippen molar-refractivity contribution in [3.05, 3.63) is 0 Å². The molecule has 0 aromatic carbocycles. The van der Waals surface area contributed by atoms with Crippen LogP contribution >= 0.6 is 0 Å². The van der Waals surface area contributed by atoms with Crippen molar-refractivity contribution in [2.45, 2.75) is 90.9 Å². The molecule has 0 amide bonds. The van der Waals surface area contributed by atoms with Crippen LogP contribution in [-0.2, 0) is 22.8 Å². The number of ether oxygens (including phenoxy) is 2. The SMILES string of the molecule is CCO[Si](CCCCCCCCCCC1OCCO1)(OCC)OCC. The van der Waals surface area contributed by atoms with Gasteiger partial charge in [0.2, 0.25) is 0 Å². The lowest BCUT2D eigenvalue weighted by atomic mass is 10.1. The van der Waals surface area contributed by atoms with E-state index in [1.165, 1.54) is 44.9 Å². The average molecular weight is 377 g/mol. The number of hydrogen-bond donors (Lipinski definition) is 0. The highest BCUT2D eigenvalue weighted by Gasteiger charge is 2.39. The minimum Gasteiger partial charge on any atom is -0.374 e. The maximum atomic E-state index is 5.90. The Kier molecular flexibility index (Phi) is 13.9. The first-order valence-corrected chi connectivity index (χ1v) is 12.3. The zero-order chi connectivity index (χ0) is 18.2. The van der Waals surface area contributed by atoms with Gasteiger partial charge in [-0.25, -0.2) is 0 Å². The first-order valence-electron chi connectivity index (χ1n) is 10.4. The van der Waals surface area contributed by atoms with Crippen LogP contribution in [0.4, 0.5) is 0 Å². The summed E-state index contributed by atoms with van der Waals surface area (Å²) >= 11 is 0. The summed E-state index contributed by atoms with van der Waals surface area (Å²) in [6.07, 6.45) is 11.3. The molecule has 0 aromatic rings. The Morgan fingerprint density at radius 3 is 1.60 bits per heavy atom. The molecule has 1 heterocycles. The molecular formula is C19H40O5Si. The summed E-state index contributed by atoms with van der Waals surface area (Å²) in [7, 11) is -2.42. The second-order valence-electron chi connectivity index (χ2n) is 6.52. The normalized spacial score (nSPS) is 16.0. The van der Waals surface area contributed by atoms with Gasteiger partial charge in [0, 0.05) is 25.9 Å². The van der Waals surface area contributed by atoms with Crippen molar-refractivity contribution in [1.29, 1.82) is 0 Å². The highest BCUT2D eigenvalue weighted by Crippen LogP contribution is 2.21. The standard InChI is InChI=1S/C19H40O5Si/c1-4-22-25(23-5-2,24-6-3)18-14-12-10-8-7-9-11-13-15-19-20-16-17-21-19/h19H,4-18H2,1-3H3. The third-order valence-corrected chi connectivity index (χ3v) is 7.61. The van der Waals surface area contributed by atoms with E-state index in [4.69, 9.17) is 22.8 Å². The van der Waals surface area contributed by atoms with Crippen LogP contribution in [0.3, 0.4) is 0 Å². The Hall–Kier alpha value is 0.0169. The average Bonchev–Trinajstić information content (AvgIpc) is 3.11. The summed E-state index contributed by atoms with van der Waals surface area (Å²) in [5.41, 5.74) is 0. The van der Waals surface area contributed by atoms with Crippen molar-refractivity contribution in [1.82, 2.24) is 0 Å². The van der Waals surface area contributed by atoms with Crippen LogP contribution in [0.2, 0.25) is 6.04 Å². The van der Waals surface area contributed by atoms with Gasteiger partial charge in [-0.3, -0.25) is 0 Å². The van der Waals surface area contributed by atoms with Crippen LogP contribution in [0.1, 0.15) is 78.6 Å². The first kappa shape index (κ1) is 23.1. The van der Waals surface area contributed by atoms with Gasteiger partial charge in [-0.2, -0.15) is 0 Å². The summed E-state index contributed by atoms with van der Waals surface area (Å²) in [4.78, 5) is 0.